The van der Waals surface area contributed by atoms with Crippen molar-refractivity contribution in [3.05, 3.63) is 36.9 Å². The molecule has 2 atom stereocenters. The van der Waals surface area contributed by atoms with Gasteiger partial charge in [0.15, 0.2) is 0 Å². The second kappa shape index (κ2) is 8.41. The third-order valence-electron chi connectivity index (χ3n) is 4.77. The van der Waals surface area contributed by atoms with Gasteiger partial charge in [-0.05, 0) is 18.6 Å². The fraction of sp³-hybridized carbons (Fsp3) is 0.647. The lowest BCUT2D eigenvalue weighted by Crippen LogP contribution is -2.55. The minimum atomic E-state index is -0.380. The summed E-state index contributed by atoms with van der Waals surface area (Å²) in [6, 6.07) is 4.36. The monoisotopic (exact) mass is 332 g/mol. The van der Waals surface area contributed by atoms with E-state index < -0.39 is 0 Å². The minimum absolute atomic E-state index is 0.380. The molecule has 0 unspecified atom stereocenters. The summed E-state index contributed by atoms with van der Waals surface area (Å²) in [6.07, 6.45) is 8.21. The van der Waals surface area contributed by atoms with Gasteiger partial charge in [0.1, 0.15) is 0 Å². The standard InChI is InChI=1S/C17H28N6O/c1-2-16-13-20(10-12-22-7-3-5-18-22)9-11-21(16)14-17(24)15-23-8-4-6-19-23/h3-8,16-17,24H,2,9-15H2,1H3/t16-,17-/m1/s1. The van der Waals surface area contributed by atoms with Gasteiger partial charge in [-0.3, -0.25) is 19.2 Å². The first kappa shape index (κ1) is 17.1. The third-order valence-corrected chi connectivity index (χ3v) is 4.77. The number of aliphatic hydroxyl groups is 1. The predicted molar refractivity (Wildman–Crippen MR) is 92.6 cm³/mol. The quantitative estimate of drug-likeness (QED) is 0.764. The van der Waals surface area contributed by atoms with E-state index in [0.717, 1.165) is 39.1 Å². The van der Waals surface area contributed by atoms with Crippen LogP contribution in [-0.2, 0) is 13.1 Å². The lowest BCUT2D eigenvalue weighted by atomic mass is 10.1. The molecule has 1 aliphatic rings. The maximum atomic E-state index is 10.4. The molecular weight excluding hydrogens is 304 g/mol. The average Bonchev–Trinajstić information content (AvgIpc) is 3.27. The maximum Gasteiger partial charge on any atom is 0.0862 e. The van der Waals surface area contributed by atoms with Crippen molar-refractivity contribution >= 4 is 0 Å². The number of nitrogens with zero attached hydrogens (tertiary/aromatic N) is 6. The zero-order chi connectivity index (χ0) is 16.8. The molecule has 0 aliphatic carbocycles. The number of aliphatic hydroxyl groups excluding tert-OH is 1. The Morgan fingerprint density at radius 2 is 1.79 bits per heavy atom. The number of aromatic nitrogens is 4. The van der Waals surface area contributed by atoms with Gasteiger partial charge in [0.25, 0.3) is 0 Å². The smallest absolute Gasteiger partial charge is 0.0862 e. The first-order valence-electron chi connectivity index (χ1n) is 8.84. The molecule has 0 amide bonds. The molecule has 0 spiro atoms. The average molecular weight is 332 g/mol. The molecule has 1 aliphatic heterocycles. The SMILES string of the molecule is CC[C@@H]1CN(CCn2cccn2)CCN1C[C@@H](O)Cn1cccn1. The third kappa shape index (κ3) is 4.66. The maximum absolute atomic E-state index is 10.4. The molecule has 3 heterocycles. The highest BCUT2D eigenvalue weighted by atomic mass is 16.3. The van der Waals surface area contributed by atoms with Crippen molar-refractivity contribution in [3.8, 4) is 0 Å². The molecule has 2 aromatic rings. The molecule has 0 saturated carbocycles. The second-order valence-electron chi connectivity index (χ2n) is 6.51. The van der Waals surface area contributed by atoms with E-state index in [2.05, 4.69) is 26.9 Å². The molecule has 24 heavy (non-hydrogen) atoms. The van der Waals surface area contributed by atoms with E-state index in [0.29, 0.717) is 19.1 Å². The van der Waals surface area contributed by atoms with Gasteiger partial charge >= 0.3 is 0 Å². The fourth-order valence-corrected chi connectivity index (χ4v) is 3.42. The molecular formula is C17H28N6O. The van der Waals surface area contributed by atoms with Crippen molar-refractivity contribution in [3.63, 3.8) is 0 Å². The van der Waals surface area contributed by atoms with Crippen molar-refractivity contribution in [1.82, 2.24) is 29.4 Å². The molecule has 3 rings (SSSR count). The van der Waals surface area contributed by atoms with Gasteiger partial charge in [-0.2, -0.15) is 10.2 Å². The summed E-state index contributed by atoms with van der Waals surface area (Å²) in [5, 5.41) is 18.8. The van der Waals surface area contributed by atoms with Gasteiger partial charge in [0.05, 0.1) is 19.2 Å². The van der Waals surface area contributed by atoms with Crippen molar-refractivity contribution in [2.75, 3.05) is 32.7 Å². The summed E-state index contributed by atoms with van der Waals surface area (Å²) in [6.45, 7) is 8.59. The largest absolute Gasteiger partial charge is 0.390 e. The second-order valence-corrected chi connectivity index (χ2v) is 6.51. The van der Waals surface area contributed by atoms with Crippen LogP contribution in [0, 0.1) is 0 Å². The Balaban J connectivity index is 1.45. The Morgan fingerprint density at radius 3 is 2.46 bits per heavy atom. The first-order chi connectivity index (χ1) is 11.7. The van der Waals surface area contributed by atoms with Crippen molar-refractivity contribution in [2.45, 2.75) is 38.6 Å². The Kier molecular flexibility index (Phi) is 6.01. The zero-order valence-corrected chi connectivity index (χ0v) is 14.4. The highest BCUT2D eigenvalue weighted by Gasteiger charge is 2.27. The Hall–Kier alpha value is -1.70. The summed E-state index contributed by atoms with van der Waals surface area (Å²) in [7, 11) is 0. The summed E-state index contributed by atoms with van der Waals surface area (Å²) >= 11 is 0. The van der Waals surface area contributed by atoms with Crippen molar-refractivity contribution < 1.29 is 5.11 Å². The molecule has 1 saturated heterocycles. The van der Waals surface area contributed by atoms with Gasteiger partial charge in [-0.25, -0.2) is 0 Å². The molecule has 0 radical (unpaired) electrons. The van der Waals surface area contributed by atoms with Crippen molar-refractivity contribution in [2.24, 2.45) is 0 Å². The molecule has 1 N–H and O–H groups in total. The lowest BCUT2D eigenvalue weighted by Gasteiger charge is -2.42. The summed E-state index contributed by atoms with van der Waals surface area (Å²) < 4.78 is 3.78. The summed E-state index contributed by atoms with van der Waals surface area (Å²) in [5.74, 6) is 0. The number of hydrogen-bond acceptors (Lipinski definition) is 5. The van der Waals surface area contributed by atoms with Crippen LogP contribution in [-0.4, -0.2) is 79.3 Å². The van der Waals surface area contributed by atoms with E-state index >= 15 is 0 Å². The van der Waals surface area contributed by atoms with Crippen LogP contribution in [0.3, 0.4) is 0 Å². The molecule has 7 nitrogen and oxygen atoms in total. The van der Waals surface area contributed by atoms with Crippen LogP contribution in [0.2, 0.25) is 0 Å². The zero-order valence-electron chi connectivity index (χ0n) is 14.4. The van der Waals surface area contributed by atoms with Crippen LogP contribution in [0.15, 0.2) is 36.9 Å². The number of β-amino-alcohol motifs (C(OH)–C–C–N with tert-alkyl or cyclic N) is 1. The van der Waals surface area contributed by atoms with Crippen LogP contribution in [0.5, 0.6) is 0 Å². The van der Waals surface area contributed by atoms with E-state index in [1.807, 2.05) is 35.4 Å². The molecule has 0 bridgehead atoms. The van der Waals surface area contributed by atoms with Crippen LogP contribution in [0.1, 0.15) is 13.3 Å². The number of piperazine rings is 1. The Bertz CT molecular complexity index is 570. The van der Waals surface area contributed by atoms with Gasteiger partial charge in [0.2, 0.25) is 0 Å². The van der Waals surface area contributed by atoms with Crippen molar-refractivity contribution in [1.29, 1.82) is 0 Å². The summed E-state index contributed by atoms with van der Waals surface area (Å²) in [5.41, 5.74) is 0. The van der Waals surface area contributed by atoms with E-state index in [4.69, 9.17) is 0 Å². The van der Waals surface area contributed by atoms with E-state index in [9.17, 15) is 5.11 Å². The van der Waals surface area contributed by atoms with E-state index in [1.165, 1.54) is 0 Å². The minimum Gasteiger partial charge on any atom is -0.390 e. The molecule has 2 aromatic heterocycles. The number of hydrogen-bond donors (Lipinski definition) is 1. The van der Waals surface area contributed by atoms with Gasteiger partial charge in [0, 0.05) is 63.6 Å². The van der Waals surface area contributed by atoms with E-state index in [-0.39, 0.29) is 6.10 Å². The van der Waals surface area contributed by atoms with Gasteiger partial charge < -0.3 is 5.11 Å². The Morgan fingerprint density at radius 1 is 1.04 bits per heavy atom. The predicted octanol–water partition coefficient (Wildman–Crippen LogP) is 0.537. The summed E-state index contributed by atoms with van der Waals surface area (Å²) in [4.78, 5) is 4.94. The van der Waals surface area contributed by atoms with Crippen LogP contribution < -0.4 is 0 Å². The number of rotatable bonds is 8. The molecule has 7 heteroatoms. The van der Waals surface area contributed by atoms with Gasteiger partial charge in [-0.1, -0.05) is 6.92 Å². The van der Waals surface area contributed by atoms with Crippen LogP contribution in [0.4, 0.5) is 0 Å². The normalized spacial score (nSPS) is 21.2. The topological polar surface area (TPSA) is 62.4 Å². The first-order valence-corrected chi connectivity index (χ1v) is 8.84. The fourth-order valence-electron chi connectivity index (χ4n) is 3.42. The van der Waals surface area contributed by atoms with Crippen LogP contribution in [0.25, 0.3) is 0 Å². The lowest BCUT2D eigenvalue weighted by molar-refractivity contribution is 0.0238. The highest BCUT2D eigenvalue weighted by Crippen LogP contribution is 2.14. The van der Waals surface area contributed by atoms with Crippen LogP contribution >= 0.6 is 0 Å². The molecule has 1 fully saturated rings. The Labute approximate surface area is 143 Å². The molecule has 132 valence electrons. The highest BCUT2D eigenvalue weighted by molar-refractivity contribution is 4.84. The van der Waals surface area contributed by atoms with Gasteiger partial charge in [-0.15, -0.1) is 0 Å². The van der Waals surface area contributed by atoms with E-state index in [1.54, 1.807) is 10.9 Å². The molecule has 0 aromatic carbocycles.